The highest BCUT2D eigenvalue weighted by Gasteiger charge is 2.55. The van der Waals surface area contributed by atoms with Gasteiger partial charge in [0.1, 0.15) is 5.76 Å². The van der Waals surface area contributed by atoms with Gasteiger partial charge in [0.15, 0.2) is 5.72 Å². The Labute approximate surface area is 199 Å². The predicted octanol–water partition coefficient (Wildman–Crippen LogP) is 7.69. The monoisotopic (exact) mass is 439 g/mol. The van der Waals surface area contributed by atoms with Crippen LogP contribution in [0.3, 0.4) is 0 Å². The van der Waals surface area contributed by atoms with Crippen LogP contribution in [0.15, 0.2) is 77.6 Å². The summed E-state index contributed by atoms with van der Waals surface area (Å²) in [5.41, 5.74) is 5.66. The molecule has 0 bridgehead atoms. The summed E-state index contributed by atoms with van der Waals surface area (Å²) in [6, 6.07) is 22.2. The number of benzene rings is 2. The van der Waals surface area contributed by atoms with Crippen LogP contribution in [0.5, 0.6) is 0 Å². The van der Waals surface area contributed by atoms with Gasteiger partial charge < -0.3 is 4.74 Å². The minimum absolute atomic E-state index is 0.134. The molecule has 2 aromatic carbocycles. The quantitative estimate of drug-likeness (QED) is 0.486. The summed E-state index contributed by atoms with van der Waals surface area (Å²) >= 11 is 0. The summed E-state index contributed by atoms with van der Waals surface area (Å²) in [7, 11) is 0. The summed E-state index contributed by atoms with van der Waals surface area (Å²) in [5.74, 6) is 2.29. The van der Waals surface area contributed by atoms with E-state index in [-0.39, 0.29) is 5.72 Å². The zero-order valence-electron chi connectivity index (χ0n) is 19.8. The molecule has 0 spiro atoms. The van der Waals surface area contributed by atoms with Crippen molar-refractivity contribution < 1.29 is 4.74 Å². The maximum Gasteiger partial charge on any atom is 0.167 e. The Morgan fingerprint density at radius 3 is 2.33 bits per heavy atom. The van der Waals surface area contributed by atoms with Gasteiger partial charge in [0.25, 0.3) is 0 Å². The highest BCUT2D eigenvalue weighted by molar-refractivity contribution is 5.60. The smallest absolute Gasteiger partial charge is 0.167 e. The highest BCUT2D eigenvalue weighted by atomic mass is 16.5. The van der Waals surface area contributed by atoms with Crippen molar-refractivity contribution in [3.8, 4) is 0 Å². The van der Waals surface area contributed by atoms with Crippen LogP contribution in [0.1, 0.15) is 81.3 Å². The van der Waals surface area contributed by atoms with Crippen molar-refractivity contribution >= 4 is 6.08 Å². The SMILES string of the molecule is C(=C1\CCCC2=C1O[C@]1(N3CCCCC3)CCCC[C@@H]1[C@H]2c1ccccc1)/c1ccccc1. The largest absolute Gasteiger partial charge is 0.472 e. The number of allylic oxidation sites excluding steroid dienone is 2. The van der Waals surface area contributed by atoms with Gasteiger partial charge in [0.05, 0.1) is 0 Å². The number of ether oxygens (including phenoxy) is 1. The van der Waals surface area contributed by atoms with Gasteiger partial charge in [0, 0.05) is 31.3 Å². The van der Waals surface area contributed by atoms with E-state index in [9.17, 15) is 0 Å². The lowest BCUT2D eigenvalue weighted by Crippen LogP contribution is -2.61. The molecule has 2 heterocycles. The van der Waals surface area contributed by atoms with Gasteiger partial charge in [-0.2, -0.15) is 0 Å². The fraction of sp³-hybridized carbons (Fsp3) is 0.484. The molecule has 2 aliphatic carbocycles. The topological polar surface area (TPSA) is 12.5 Å². The van der Waals surface area contributed by atoms with Gasteiger partial charge in [-0.25, -0.2) is 0 Å². The first-order valence-electron chi connectivity index (χ1n) is 13.3. The summed E-state index contributed by atoms with van der Waals surface area (Å²) in [4.78, 5) is 2.77. The number of hydrogen-bond acceptors (Lipinski definition) is 2. The molecule has 0 unspecified atom stereocenters. The van der Waals surface area contributed by atoms with Gasteiger partial charge in [-0.15, -0.1) is 0 Å². The zero-order valence-corrected chi connectivity index (χ0v) is 19.8. The summed E-state index contributed by atoms with van der Waals surface area (Å²) in [6.07, 6.45) is 15.0. The van der Waals surface area contributed by atoms with Crippen molar-refractivity contribution in [2.45, 2.75) is 75.9 Å². The minimum atomic E-state index is -0.134. The molecule has 2 heteroatoms. The van der Waals surface area contributed by atoms with Crippen molar-refractivity contribution in [1.29, 1.82) is 0 Å². The first kappa shape index (κ1) is 21.2. The van der Waals surface area contributed by atoms with Crippen LogP contribution in [0, 0.1) is 5.92 Å². The third-order valence-electron chi connectivity index (χ3n) is 8.60. The molecule has 3 atom stereocenters. The Bertz CT molecular complexity index is 1020. The normalized spacial score (nSPS) is 31.6. The van der Waals surface area contributed by atoms with Crippen molar-refractivity contribution in [1.82, 2.24) is 4.90 Å². The van der Waals surface area contributed by atoms with Crippen LogP contribution in [0.2, 0.25) is 0 Å². The fourth-order valence-electron chi connectivity index (χ4n) is 7.17. The van der Waals surface area contributed by atoms with Gasteiger partial charge in [-0.1, -0.05) is 73.5 Å². The van der Waals surface area contributed by atoms with E-state index in [0.29, 0.717) is 11.8 Å². The standard InChI is InChI=1S/C31H37NO/c1-4-13-24(14-5-1)23-26-17-12-18-27-29(25-15-6-2-7-16-25)28-19-8-9-20-31(28,33-30(26)27)32-21-10-3-11-22-32/h1-2,4-7,13-16,23,28-29H,3,8-12,17-22H2/b26-23-/t28-,29+,31-/m1/s1. The molecule has 1 saturated carbocycles. The maximum absolute atomic E-state index is 7.40. The molecule has 172 valence electrons. The van der Waals surface area contributed by atoms with Crippen LogP contribution in [-0.4, -0.2) is 23.7 Å². The van der Waals surface area contributed by atoms with Crippen molar-refractivity contribution in [3.63, 3.8) is 0 Å². The van der Waals surface area contributed by atoms with Crippen LogP contribution in [0.4, 0.5) is 0 Å². The molecule has 2 fully saturated rings. The van der Waals surface area contributed by atoms with Crippen molar-refractivity contribution in [2.75, 3.05) is 13.1 Å². The van der Waals surface area contributed by atoms with E-state index < -0.39 is 0 Å². The molecule has 1 saturated heterocycles. The predicted molar refractivity (Wildman–Crippen MR) is 136 cm³/mol. The lowest BCUT2D eigenvalue weighted by atomic mass is 9.64. The number of fused-ring (bicyclic) bond motifs is 1. The molecule has 0 N–H and O–H groups in total. The lowest BCUT2D eigenvalue weighted by Gasteiger charge is -2.58. The number of piperidine rings is 1. The van der Waals surface area contributed by atoms with E-state index in [2.05, 4.69) is 71.6 Å². The number of rotatable bonds is 3. The van der Waals surface area contributed by atoms with Crippen molar-refractivity contribution in [3.05, 3.63) is 88.7 Å². The molecular formula is C31H37NO. The summed E-state index contributed by atoms with van der Waals surface area (Å²) in [6.45, 7) is 2.39. The summed E-state index contributed by atoms with van der Waals surface area (Å²) in [5, 5.41) is 0. The first-order valence-corrected chi connectivity index (χ1v) is 13.3. The second-order valence-electron chi connectivity index (χ2n) is 10.5. The van der Waals surface area contributed by atoms with Gasteiger partial charge in [-0.05, 0) is 73.3 Å². The maximum atomic E-state index is 7.40. The number of likely N-dealkylation sites (tertiary alicyclic amines) is 1. The Morgan fingerprint density at radius 2 is 1.55 bits per heavy atom. The van der Waals surface area contributed by atoms with E-state index in [4.69, 9.17) is 4.74 Å². The third-order valence-corrected chi connectivity index (χ3v) is 8.60. The van der Waals surface area contributed by atoms with Gasteiger partial charge in [-0.3, -0.25) is 4.90 Å². The van der Waals surface area contributed by atoms with Crippen LogP contribution < -0.4 is 0 Å². The van der Waals surface area contributed by atoms with Crippen LogP contribution >= 0.6 is 0 Å². The van der Waals surface area contributed by atoms with E-state index in [1.807, 2.05) is 0 Å². The van der Waals surface area contributed by atoms with Crippen LogP contribution in [0.25, 0.3) is 6.08 Å². The molecule has 0 radical (unpaired) electrons. The zero-order chi connectivity index (χ0) is 22.1. The average Bonchev–Trinajstić information content (AvgIpc) is 2.89. The fourth-order valence-corrected chi connectivity index (χ4v) is 7.17. The second kappa shape index (κ2) is 9.14. The van der Waals surface area contributed by atoms with Crippen LogP contribution in [-0.2, 0) is 4.74 Å². The Kier molecular flexibility index (Phi) is 5.88. The Hall–Kier alpha value is -2.32. The second-order valence-corrected chi connectivity index (χ2v) is 10.5. The lowest BCUT2D eigenvalue weighted by molar-refractivity contribution is -0.202. The molecule has 6 rings (SSSR count). The third kappa shape index (κ3) is 3.87. The van der Waals surface area contributed by atoms with E-state index >= 15 is 0 Å². The number of hydrogen-bond donors (Lipinski definition) is 0. The molecule has 0 amide bonds. The van der Waals surface area contributed by atoms with E-state index in [0.717, 1.165) is 6.42 Å². The number of nitrogens with zero attached hydrogens (tertiary/aromatic N) is 1. The van der Waals surface area contributed by atoms with E-state index in [1.165, 1.54) is 93.3 Å². The molecular weight excluding hydrogens is 402 g/mol. The minimum Gasteiger partial charge on any atom is -0.472 e. The molecule has 0 aromatic heterocycles. The summed E-state index contributed by atoms with van der Waals surface area (Å²) < 4.78 is 7.40. The first-order chi connectivity index (χ1) is 16.4. The van der Waals surface area contributed by atoms with Crippen molar-refractivity contribution in [2.24, 2.45) is 5.92 Å². The molecule has 2 aromatic rings. The molecule has 33 heavy (non-hydrogen) atoms. The van der Waals surface area contributed by atoms with Gasteiger partial charge in [0.2, 0.25) is 0 Å². The van der Waals surface area contributed by atoms with E-state index in [1.54, 1.807) is 5.57 Å². The Morgan fingerprint density at radius 1 is 0.788 bits per heavy atom. The average molecular weight is 440 g/mol. The molecule has 4 aliphatic rings. The highest BCUT2D eigenvalue weighted by Crippen LogP contribution is 2.57. The Balaban J connectivity index is 1.51. The molecule has 2 aliphatic heterocycles. The van der Waals surface area contributed by atoms with Gasteiger partial charge >= 0.3 is 0 Å². The molecule has 2 nitrogen and oxygen atoms in total.